The molecule has 0 aromatic carbocycles. The SMILES string of the molecule is [CH2-]CCCC(CC)(CCC[CH2-])CCC[CH2-].[Y].[Y].[Y]. The smallest absolute Gasteiger partial charge is 0 e. The number of hydrogen-bond acceptors (Lipinski definition) is 0. The van der Waals surface area contributed by atoms with Crippen LogP contribution in [0.15, 0.2) is 0 Å². The van der Waals surface area contributed by atoms with Crippen molar-refractivity contribution in [3.63, 3.8) is 0 Å². The van der Waals surface area contributed by atoms with Crippen LogP contribution in [0.2, 0.25) is 0 Å². The monoisotopic (exact) mass is 476 g/mol. The van der Waals surface area contributed by atoms with Gasteiger partial charge in [0.1, 0.15) is 0 Å². The van der Waals surface area contributed by atoms with Crippen LogP contribution in [0.25, 0.3) is 0 Å². The predicted octanol–water partition coefficient (Wildman–Crippen LogP) is 5.39. The fourth-order valence-electron chi connectivity index (χ4n) is 2.41. The second-order valence-electron chi connectivity index (χ2n) is 4.72. The average Bonchev–Trinajstić information content (AvgIpc) is 2.29. The fraction of sp³-hybridized carbons (Fsp3) is 0.800. The topological polar surface area (TPSA) is 0 Å². The van der Waals surface area contributed by atoms with Crippen LogP contribution >= 0.6 is 0 Å². The number of unbranched alkanes of at least 4 members (excludes halogenated alkanes) is 3. The van der Waals surface area contributed by atoms with E-state index in [0.717, 1.165) is 19.3 Å². The molecule has 0 aliphatic rings. The fourth-order valence-corrected chi connectivity index (χ4v) is 2.41. The minimum absolute atomic E-state index is 0. The van der Waals surface area contributed by atoms with Crippen molar-refractivity contribution in [2.75, 3.05) is 0 Å². The van der Waals surface area contributed by atoms with Crippen molar-refractivity contribution >= 4 is 0 Å². The van der Waals surface area contributed by atoms with Gasteiger partial charge in [-0.25, -0.2) is 0 Å². The van der Waals surface area contributed by atoms with Gasteiger partial charge in [0, 0.05) is 98.1 Å². The van der Waals surface area contributed by atoms with Crippen LogP contribution in [-0.2, 0) is 98.1 Å². The van der Waals surface area contributed by atoms with Crippen molar-refractivity contribution < 1.29 is 98.1 Å². The van der Waals surface area contributed by atoms with Crippen LogP contribution < -0.4 is 0 Å². The first kappa shape index (κ1) is 29.3. The van der Waals surface area contributed by atoms with Crippen molar-refractivity contribution in [2.45, 2.75) is 71.1 Å². The van der Waals surface area contributed by atoms with Crippen LogP contribution in [0.3, 0.4) is 0 Å². The standard InChI is InChI=1S/C15H29.3Y/c1-5-9-12-15(8-4,13-10-6-2)14-11-7-3;;;/h1-3,5-14H2,4H3;;;/q-3;;;. The molecule has 18 heavy (non-hydrogen) atoms. The molecule has 0 saturated carbocycles. The molecule has 0 unspecified atom stereocenters. The van der Waals surface area contributed by atoms with E-state index in [0.29, 0.717) is 5.41 Å². The maximum Gasteiger partial charge on any atom is 0 e. The summed E-state index contributed by atoms with van der Waals surface area (Å²) in [6.45, 7) is 14.2. The van der Waals surface area contributed by atoms with E-state index in [-0.39, 0.29) is 98.1 Å². The molecule has 0 bridgehead atoms. The summed E-state index contributed by atoms with van der Waals surface area (Å²) in [5, 5.41) is 0. The van der Waals surface area contributed by atoms with Gasteiger partial charge < -0.3 is 20.8 Å². The summed E-state index contributed by atoms with van der Waals surface area (Å²) in [4.78, 5) is 0. The van der Waals surface area contributed by atoms with Crippen LogP contribution in [-0.4, -0.2) is 0 Å². The summed E-state index contributed by atoms with van der Waals surface area (Å²) in [5.74, 6) is 0. The summed E-state index contributed by atoms with van der Waals surface area (Å²) < 4.78 is 0. The first-order valence-corrected chi connectivity index (χ1v) is 6.62. The summed E-state index contributed by atoms with van der Waals surface area (Å²) in [5.41, 5.74) is 0.576. The Labute approximate surface area is 192 Å². The van der Waals surface area contributed by atoms with Gasteiger partial charge in [-0.3, -0.25) is 0 Å². The summed E-state index contributed by atoms with van der Waals surface area (Å²) >= 11 is 0. The molecular weight excluding hydrogens is 447 g/mol. The van der Waals surface area contributed by atoms with Gasteiger partial charge in [-0.05, 0) is 5.41 Å². The molecule has 0 aliphatic heterocycles. The first-order valence-electron chi connectivity index (χ1n) is 6.62. The quantitative estimate of drug-likeness (QED) is 0.372. The van der Waals surface area contributed by atoms with Gasteiger partial charge >= 0.3 is 0 Å². The van der Waals surface area contributed by atoms with E-state index in [1.165, 1.54) is 44.9 Å². The molecule has 0 nitrogen and oxygen atoms in total. The molecule has 0 spiro atoms. The van der Waals surface area contributed by atoms with Crippen molar-refractivity contribution in [2.24, 2.45) is 5.41 Å². The molecule has 3 heteroatoms. The minimum Gasteiger partial charge on any atom is -0.343 e. The third kappa shape index (κ3) is 14.3. The number of rotatable bonds is 10. The average molecular weight is 476 g/mol. The molecule has 3 radical (unpaired) electrons. The minimum atomic E-state index is 0. The Morgan fingerprint density at radius 2 is 0.944 bits per heavy atom. The zero-order chi connectivity index (χ0) is 11.6. The number of hydrogen-bond donors (Lipinski definition) is 0. The van der Waals surface area contributed by atoms with E-state index < -0.39 is 0 Å². The van der Waals surface area contributed by atoms with Crippen molar-refractivity contribution in [1.82, 2.24) is 0 Å². The van der Waals surface area contributed by atoms with Crippen LogP contribution in [0.1, 0.15) is 71.1 Å². The van der Waals surface area contributed by atoms with Gasteiger partial charge in [0.15, 0.2) is 0 Å². The van der Waals surface area contributed by atoms with Gasteiger partial charge in [-0.2, -0.15) is 19.3 Å². The van der Waals surface area contributed by atoms with Gasteiger partial charge in [0.25, 0.3) is 0 Å². The molecule has 101 valence electrons. The molecule has 0 rings (SSSR count). The Balaban J connectivity index is -0.000000327. The van der Waals surface area contributed by atoms with E-state index in [9.17, 15) is 0 Å². The Kier molecular flexibility index (Phi) is 33.1. The van der Waals surface area contributed by atoms with Gasteiger partial charge in [-0.15, -0.1) is 0 Å². The molecule has 0 aliphatic carbocycles. The van der Waals surface area contributed by atoms with E-state index in [1.54, 1.807) is 0 Å². The predicted molar refractivity (Wildman–Crippen MR) is 70.3 cm³/mol. The molecule has 0 N–H and O–H groups in total. The van der Waals surface area contributed by atoms with E-state index >= 15 is 0 Å². The molecule has 0 atom stereocenters. The van der Waals surface area contributed by atoms with Crippen LogP contribution in [0, 0.1) is 26.2 Å². The molecule has 0 aromatic heterocycles. The maximum absolute atomic E-state index is 3.96. The van der Waals surface area contributed by atoms with Crippen molar-refractivity contribution in [1.29, 1.82) is 0 Å². The zero-order valence-corrected chi connectivity index (χ0v) is 20.9. The molecule has 0 saturated heterocycles. The van der Waals surface area contributed by atoms with E-state index in [1.807, 2.05) is 0 Å². The molecule has 0 amide bonds. The summed E-state index contributed by atoms with van der Waals surface area (Å²) in [7, 11) is 0. The summed E-state index contributed by atoms with van der Waals surface area (Å²) in [6, 6.07) is 0. The molecule has 0 fully saturated rings. The first-order chi connectivity index (χ1) is 7.24. The van der Waals surface area contributed by atoms with E-state index in [2.05, 4.69) is 27.7 Å². The van der Waals surface area contributed by atoms with Gasteiger partial charge in [-0.1, -0.05) is 51.9 Å². The molecule has 0 heterocycles. The Hall–Kier alpha value is 3.31. The third-order valence-corrected chi connectivity index (χ3v) is 3.62. The van der Waals surface area contributed by atoms with Crippen molar-refractivity contribution in [3.8, 4) is 0 Å². The molecule has 0 aromatic rings. The maximum atomic E-state index is 3.96. The van der Waals surface area contributed by atoms with E-state index in [4.69, 9.17) is 0 Å². The van der Waals surface area contributed by atoms with Gasteiger partial charge in [0.2, 0.25) is 0 Å². The van der Waals surface area contributed by atoms with Crippen LogP contribution in [0.5, 0.6) is 0 Å². The molecular formula is C15H29Y3-3. The van der Waals surface area contributed by atoms with Gasteiger partial charge in [0.05, 0.1) is 0 Å². The third-order valence-electron chi connectivity index (χ3n) is 3.62. The second-order valence-corrected chi connectivity index (χ2v) is 4.72. The zero-order valence-electron chi connectivity index (χ0n) is 12.4. The van der Waals surface area contributed by atoms with Crippen molar-refractivity contribution in [3.05, 3.63) is 20.8 Å². The summed E-state index contributed by atoms with van der Waals surface area (Å²) in [6.07, 6.45) is 12.5. The van der Waals surface area contributed by atoms with Crippen LogP contribution in [0.4, 0.5) is 0 Å². The largest absolute Gasteiger partial charge is 0.343 e. The Morgan fingerprint density at radius 3 is 1.11 bits per heavy atom. The second kappa shape index (κ2) is 20.3. The Bertz CT molecular complexity index is 116. The normalized spacial score (nSPS) is 10.0. The Morgan fingerprint density at radius 1 is 0.667 bits per heavy atom.